The molecule has 3 rings (SSSR count). The fraction of sp³-hybridized carbons (Fsp3) is 1.00. The minimum Gasteiger partial charge on any atom is -0.311 e. The fourth-order valence-electron chi connectivity index (χ4n) is 4.37. The predicted octanol–water partition coefficient (Wildman–Crippen LogP) is 3.27. The molecule has 116 valence electrons. The van der Waals surface area contributed by atoms with E-state index in [0.717, 1.165) is 13.1 Å². The molecular weight excluding hydrogens is 258 g/mol. The van der Waals surface area contributed by atoms with E-state index in [0.29, 0.717) is 17.9 Å². The third-order valence-corrected chi connectivity index (χ3v) is 5.90. The average Bonchev–Trinajstić information content (AvgIpc) is 3.27. The number of halogens is 2. The van der Waals surface area contributed by atoms with Gasteiger partial charge in [0.15, 0.2) is 0 Å². The van der Waals surface area contributed by atoms with E-state index < -0.39 is 6.43 Å². The molecule has 0 spiro atoms. The van der Waals surface area contributed by atoms with Crippen molar-refractivity contribution in [2.24, 2.45) is 11.8 Å². The summed E-state index contributed by atoms with van der Waals surface area (Å²) in [4.78, 5) is 2.12. The number of nitrogens with one attached hydrogen (secondary N) is 1. The lowest BCUT2D eigenvalue weighted by atomic mass is 9.80. The van der Waals surface area contributed by atoms with Crippen molar-refractivity contribution in [3.05, 3.63) is 0 Å². The van der Waals surface area contributed by atoms with Crippen molar-refractivity contribution in [1.82, 2.24) is 10.2 Å². The van der Waals surface area contributed by atoms with E-state index in [-0.39, 0.29) is 12.1 Å². The molecule has 2 atom stereocenters. The third-order valence-electron chi connectivity index (χ3n) is 5.90. The Balaban J connectivity index is 1.66. The molecule has 0 aromatic carbocycles. The van der Waals surface area contributed by atoms with Gasteiger partial charge in [-0.05, 0) is 44.4 Å². The van der Waals surface area contributed by atoms with Crippen molar-refractivity contribution in [1.29, 1.82) is 0 Å². The summed E-state index contributed by atoms with van der Waals surface area (Å²) in [7, 11) is 0. The SMILES string of the molecule is CC1(C2CC2)CNC(C2CCCCC2)CN1CC(F)F. The van der Waals surface area contributed by atoms with Gasteiger partial charge in [-0.25, -0.2) is 8.78 Å². The van der Waals surface area contributed by atoms with Gasteiger partial charge in [-0.1, -0.05) is 19.3 Å². The quantitative estimate of drug-likeness (QED) is 0.853. The first-order chi connectivity index (χ1) is 9.59. The van der Waals surface area contributed by atoms with Gasteiger partial charge in [-0.2, -0.15) is 0 Å². The van der Waals surface area contributed by atoms with Gasteiger partial charge in [0.25, 0.3) is 6.43 Å². The Morgan fingerprint density at radius 1 is 1.15 bits per heavy atom. The number of hydrogen-bond donors (Lipinski definition) is 1. The molecule has 3 fully saturated rings. The van der Waals surface area contributed by atoms with E-state index in [1.807, 2.05) is 0 Å². The maximum atomic E-state index is 13.0. The van der Waals surface area contributed by atoms with E-state index in [4.69, 9.17) is 0 Å². The Morgan fingerprint density at radius 2 is 1.85 bits per heavy atom. The zero-order chi connectivity index (χ0) is 14.2. The second-order valence-electron chi connectivity index (χ2n) is 7.31. The first-order valence-electron chi connectivity index (χ1n) is 8.36. The molecule has 20 heavy (non-hydrogen) atoms. The molecule has 0 aromatic rings. The number of nitrogens with zero attached hydrogens (tertiary/aromatic N) is 1. The lowest BCUT2D eigenvalue weighted by molar-refractivity contribution is -0.0228. The number of rotatable bonds is 4. The second kappa shape index (κ2) is 5.88. The van der Waals surface area contributed by atoms with Gasteiger partial charge in [-0.15, -0.1) is 0 Å². The Morgan fingerprint density at radius 3 is 2.45 bits per heavy atom. The molecule has 1 heterocycles. The highest BCUT2D eigenvalue weighted by Crippen LogP contribution is 2.45. The number of piperazine rings is 1. The highest BCUT2D eigenvalue weighted by atomic mass is 19.3. The summed E-state index contributed by atoms with van der Waals surface area (Å²) in [5.41, 5.74) is -0.0401. The molecule has 0 aromatic heterocycles. The molecule has 1 saturated heterocycles. The maximum Gasteiger partial charge on any atom is 0.251 e. The van der Waals surface area contributed by atoms with E-state index in [1.54, 1.807) is 0 Å². The van der Waals surface area contributed by atoms with Crippen molar-refractivity contribution in [2.75, 3.05) is 19.6 Å². The molecular formula is C16H28F2N2. The molecule has 0 radical (unpaired) electrons. The van der Waals surface area contributed by atoms with Gasteiger partial charge in [0, 0.05) is 24.7 Å². The first kappa shape index (κ1) is 14.7. The summed E-state index contributed by atoms with van der Waals surface area (Å²) >= 11 is 0. The Kier molecular flexibility index (Phi) is 4.32. The highest BCUT2D eigenvalue weighted by molar-refractivity contribution is 5.05. The van der Waals surface area contributed by atoms with Crippen molar-refractivity contribution in [2.45, 2.75) is 69.9 Å². The summed E-state index contributed by atoms with van der Waals surface area (Å²) in [6, 6.07) is 0.431. The molecule has 4 heteroatoms. The summed E-state index contributed by atoms with van der Waals surface area (Å²) in [6.45, 7) is 3.86. The molecule has 2 nitrogen and oxygen atoms in total. The van der Waals surface area contributed by atoms with Crippen molar-refractivity contribution < 1.29 is 8.78 Å². The van der Waals surface area contributed by atoms with Crippen LogP contribution in [0.3, 0.4) is 0 Å². The van der Waals surface area contributed by atoms with Gasteiger partial charge in [0.1, 0.15) is 0 Å². The van der Waals surface area contributed by atoms with Gasteiger partial charge >= 0.3 is 0 Å². The molecule has 0 bridgehead atoms. The van der Waals surface area contributed by atoms with Crippen LogP contribution in [0.5, 0.6) is 0 Å². The summed E-state index contributed by atoms with van der Waals surface area (Å²) in [5, 5.41) is 3.72. The normalized spacial score (nSPS) is 37.5. The predicted molar refractivity (Wildman–Crippen MR) is 77.1 cm³/mol. The summed E-state index contributed by atoms with van der Waals surface area (Å²) in [6.07, 6.45) is 6.76. The van der Waals surface area contributed by atoms with Crippen LogP contribution in [0.25, 0.3) is 0 Å². The standard InChI is InChI=1S/C16H28F2N2/c1-16(13-7-8-13)11-19-14(9-20(16)10-15(17)18)12-5-3-2-4-6-12/h12-15,19H,2-11H2,1H3. The van der Waals surface area contributed by atoms with Crippen LogP contribution in [0.15, 0.2) is 0 Å². The van der Waals surface area contributed by atoms with E-state index in [1.165, 1.54) is 44.9 Å². The topological polar surface area (TPSA) is 15.3 Å². The molecule has 2 aliphatic carbocycles. The van der Waals surface area contributed by atoms with Crippen LogP contribution >= 0.6 is 0 Å². The molecule has 2 saturated carbocycles. The Labute approximate surface area is 121 Å². The van der Waals surface area contributed by atoms with Gasteiger partial charge in [0.2, 0.25) is 0 Å². The van der Waals surface area contributed by atoms with Crippen LogP contribution in [0.2, 0.25) is 0 Å². The molecule has 2 unspecified atom stereocenters. The number of hydrogen-bond acceptors (Lipinski definition) is 2. The zero-order valence-corrected chi connectivity index (χ0v) is 12.6. The largest absolute Gasteiger partial charge is 0.311 e. The maximum absolute atomic E-state index is 13.0. The minimum absolute atomic E-state index is 0.0401. The summed E-state index contributed by atoms with van der Waals surface area (Å²) in [5.74, 6) is 1.33. The monoisotopic (exact) mass is 286 g/mol. The van der Waals surface area contributed by atoms with Crippen molar-refractivity contribution in [3.8, 4) is 0 Å². The summed E-state index contributed by atoms with van der Waals surface area (Å²) < 4.78 is 25.9. The van der Waals surface area contributed by atoms with E-state index >= 15 is 0 Å². The lowest BCUT2D eigenvalue weighted by Crippen LogP contribution is -2.66. The smallest absolute Gasteiger partial charge is 0.251 e. The minimum atomic E-state index is -2.21. The molecule has 0 amide bonds. The van der Waals surface area contributed by atoms with Crippen LogP contribution in [0, 0.1) is 11.8 Å². The van der Waals surface area contributed by atoms with Gasteiger partial charge in [0.05, 0.1) is 6.54 Å². The van der Waals surface area contributed by atoms with Crippen LogP contribution in [0.4, 0.5) is 8.78 Å². The van der Waals surface area contributed by atoms with Crippen LogP contribution < -0.4 is 5.32 Å². The van der Waals surface area contributed by atoms with E-state index in [2.05, 4.69) is 17.1 Å². The zero-order valence-electron chi connectivity index (χ0n) is 12.6. The molecule has 1 aliphatic heterocycles. The molecule has 3 aliphatic rings. The fourth-order valence-corrected chi connectivity index (χ4v) is 4.37. The van der Waals surface area contributed by atoms with Gasteiger partial charge in [-0.3, -0.25) is 4.90 Å². The number of alkyl halides is 2. The lowest BCUT2D eigenvalue weighted by Gasteiger charge is -2.50. The van der Waals surface area contributed by atoms with E-state index in [9.17, 15) is 8.78 Å². The second-order valence-corrected chi connectivity index (χ2v) is 7.31. The van der Waals surface area contributed by atoms with Crippen LogP contribution in [-0.4, -0.2) is 42.5 Å². The highest BCUT2D eigenvalue weighted by Gasteiger charge is 2.49. The molecule has 1 N–H and O–H groups in total. The van der Waals surface area contributed by atoms with Crippen molar-refractivity contribution in [3.63, 3.8) is 0 Å². The van der Waals surface area contributed by atoms with Crippen LogP contribution in [0.1, 0.15) is 51.9 Å². The Hall–Kier alpha value is -0.220. The van der Waals surface area contributed by atoms with Crippen molar-refractivity contribution >= 4 is 0 Å². The first-order valence-corrected chi connectivity index (χ1v) is 8.36. The average molecular weight is 286 g/mol. The van der Waals surface area contributed by atoms with Crippen LogP contribution in [-0.2, 0) is 0 Å². The third kappa shape index (κ3) is 3.01. The van der Waals surface area contributed by atoms with Gasteiger partial charge < -0.3 is 5.32 Å². The Bertz CT molecular complexity index is 326.